The van der Waals surface area contributed by atoms with E-state index in [0.717, 1.165) is 29.7 Å². The molecule has 3 N–H and O–H groups in total. The van der Waals surface area contributed by atoms with Crippen LogP contribution in [-0.2, 0) is 0 Å². The average molecular weight is 315 g/mol. The third kappa shape index (κ3) is 2.14. The van der Waals surface area contributed by atoms with Crippen LogP contribution in [0.3, 0.4) is 0 Å². The second-order valence-electron chi connectivity index (χ2n) is 5.46. The Bertz CT molecular complexity index is 875. The van der Waals surface area contributed by atoms with Crippen LogP contribution in [0.5, 0.6) is 0 Å². The van der Waals surface area contributed by atoms with E-state index >= 15 is 0 Å². The molecule has 1 aliphatic heterocycles. The van der Waals surface area contributed by atoms with Crippen molar-refractivity contribution in [2.45, 2.75) is 5.92 Å². The van der Waals surface area contributed by atoms with Gasteiger partial charge in [0.15, 0.2) is 0 Å². The van der Waals surface area contributed by atoms with Gasteiger partial charge >= 0.3 is 0 Å². The molecule has 1 fully saturated rings. The van der Waals surface area contributed by atoms with Crippen molar-refractivity contribution in [1.82, 2.24) is 20.4 Å². The fourth-order valence-corrected chi connectivity index (χ4v) is 3.10. The maximum Gasteiger partial charge on any atom is 0.279 e. The van der Waals surface area contributed by atoms with E-state index < -0.39 is 0 Å². The van der Waals surface area contributed by atoms with E-state index in [9.17, 15) is 4.79 Å². The highest BCUT2D eigenvalue weighted by Gasteiger charge is 2.21. The van der Waals surface area contributed by atoms with Crippen LogP contribution >= 0.6 is 11.6 Å². The van der Waals surface area contributed by atoms with Crippen LogP contribution in [-0.4, -0.2) is 22.6 Å². The summed E-state index contributed by atoms with van der Waals surface area (Å²) in [6.45, 7) is 1.69. The average Bonchev–Trinajstić information content (AvgIpc) is 3.20. The number of benzene rings is 1. The van der Waals surface area contributed by atoms with Gasteiger partial charge < -0.3 is 4.98 Å². The van der Waals surface area contributed by atoms with Gasteiger partial charge in [0.2, 0.25) is 0 Å². The molecule has 0 atom stereocenters. The van der Waals surface area contributed by atoms with Crippen LogP contribution < -0.4 is 16.4 Å². The summed E-state index contributed by atoms with van der Waals surface area (Å²) in [5, 5.41) is 1.65. The van der Waals surface area contributed by atoms with Gasteiger partial charge in [-0.2, -0.15) is 0 Å². The quantitative estimate of drug-likeness (QED) is 0.679. The second kappa shape index (κ2) is 5.28. The summed E-state index contributed by atoms with van der Waals surface area (Å²) >= 11 is 5.94. The van der Waals surface area contributed by atoms with Gasteiger partial charge in [-0.25, -0.2) is 0 Å². The van der Waals surface area contributed by atoms with Crippen molar-refractivity contribution in [2.75, 3.05) is 13.1 Å². The zero-order chi connectivity index (χ0) is 15.1. The smallest absolute Gasteiger partial charge is 0.279 e. The number of aromatic amines is 1. The summed E-state index contributed by atoms with van der Waals surface area (Å²) in [4.78, 5) is 15.8. The molecule has 1 aliphatic rings. The zero-order valence-electron chi connectivity index (χ0n) is 11.8. The molecule has 22 heavy (non-hydrogen) atoms. The third-order valence-electron chi connectivity index (χ3n) is 4.13. The normalized spacial score (nSPS) is 15.7. The summed E-state index contributed by atoms with van der Waals surface area (Å²) in [5.74, 6) is 0.331. The molecule has 112 valence electrons. The Balaban J connectivity index is 1.96. The standard InChI is InChI=1S/C16H15ClN4O/c17-11-1-3-12(4-2-11)21-9-14(10-7-19-20-8-10)13-5-6-18-15(13)16(21)22/h1-6,9-10,18-20H,7-8H2. The minimum Gasteiger partial charge on any atom is -0.357 e. The van der Waals surface area contributed by atoms with Crippen LogP contribution in [0.1, 0.15) is 11.5 Å². The lowest BCUT2D eigenvalue weighted by Gasteiger charge is -2.14. The van der Waals surface area contributed by atoms with E-state index in [1.807, 2.05) is 30.6 Å². The van der Waals surface area contributed by atoms with Crippen molar-refractivity contribution in [1.29, 1.82) is 0 Å². The molecule has 0 unspecified atom stereocenters. The lowest BCUT2D eigenvalue weighted by molar-refractivity contribution is 0.689. The van der Waals surface area contributed by atoms with Crippen molar-refractivity contribution >= 4 is 22.5 Å². The van der Waals surface area contributed by atoms with Crippen molar-refractivity contribution < 1.29 is 0 Å². The largest absolute Gasteiger partial charge is 0.357 e. The number of halogens is 1. The highest BCUT2D eigenvalue weighted by atomic mass is 35.5. The molecular weight excluding hydrogens is 300 g/mol. The van der Waals surface area contributed by atoms with Crippen molar-refractivity contribution in [3.8, 4) is 5.69 Å². The number of fused-ring (bicyclic) bond motifs is 1. The van der Waals surface area contributed by atoms with Gasteiger partial charge in [0, 0.05) is 47.5 Å². The number of rotatable bonds is 2. The summed E-state index contributed by atoms with van der Waals surface area (Å²) in [5.41, 5.74) is 8.84. The minimum atomic E-state index is -0.0509. The number of hydrogen-bond acceptors (Lipinski definition) is 3. The van der Waals surface area contributed by atoms with Gasteiger partial charge in [-0.15, -0.1) is 0 Å². The fraction of sp³-hybridized carbons (Fsp3) is 0.188. The van der Waals surface area contributed by atoms with Gasteiger partial charge in [0.05, 0.1) is 0 Å². The maximum absolute atomic E-state index is 12.7. The van der Waals surface area contributed by atoms with E-state index in [4.69, 9.17) is 11.6 Å². The van der Waals surface area contributed by atoms with Crippen LogP contribution in [0, 0.1) is 0 Å². The van der Waals surface area contributed by atoms with Crippen molar-refractivity contribution in [3.05, 3.63) is 63.7 Å². The van der Waals surface area contributed by atoms with E-state index in [2.05, 4.69) is 15.8 Å². The first-order chi connectivity index (χ1) is 10.7. The Morgan fingerprint density at radius 1 is 1.09 bits per heavy atom. The van der Waals surface area contributed by atoms with Gasteiger partial charge in [-0.1, -0.05) is 11.6 Å². The van der Waals surface area contributed by atoms with Gasteiger partial charge in [-0.3, -0.25) is 20.2 Å². The van der Waals surface area contributed by atoms with E-state index in [1.54, 1.807) is 16.7 Å². The van der Waals surface area contributed by atoms with E-state index in [1.165, 1.54) is 0 Å². The number of aromatic nitrogens is 2. The number of hydrogen-bond donors (Lipinski definition) is 3. The molecule has 1 saturated heterocycles. The van der Waals surface area contributed by atoms with E-state index in [0.29, 0.717) is 16.5 Å². The Morgan fingerprint density at radius 3 is 2.55 bits per heavy atom. The molecule has 3 aromatic rings. The lowest BCUT2D eigenvalue weighted by Crippen LogP contribution is -2.21. The molecule has 2 aromatic heterocycles. The van der Waals surface area contributed by atoms with Gasteiger partial charge in [0.25, 0.3) is 5.56 Å². The SMILES string of the molecule is O=c1c2[nH]ccc2c(C2CNNC2)cn1-c1ccc(Cl)cc1. The summed E-state index contributed by atoms with van der Waals surface area (Å²) in [6.07, 6.45) is 3.76. The Morgan fingerprint density at radius 2 is 1.82 bits per heavy atom. The summed E-state index contributed by atoms with van der Waals surface area (Å²) < 4.78 is 1.68. The predicted octanol–water partition coefficient (Wildman–Crippen LogP) is 2.16. The van der Waals surface area contributed by atoms with Gasteiger partial charge in [0.1, 0.15) is 5.52 Å². The molecule has 0 saturated carbocycles. The number of nitrogens with zero attached hydrogens (tertiary/aromatic N) is 1. The molecule has 0 radical (unpaired) electrons. The molecule has 6 heteroatoms. The van der Waals surface area contributed by atoms with Crippen LogP contribution in [0.2, 0.25) is 5.02 Å². The molecule has 0 aliphatic carbocycles. The molecule has 0 spiro atoms. The van der Waals surface area contributed by atoms with Crippen LogP contribution in [0.4, 0.5) is 0 Å². The first kappa shape index (κ1) is 13.6. The van der Waals surface area contributed by atoms with Crippen molar-refractivity contribution in [2.24, 2.45) is 0 Å². The highest BCUT2D eigenvalue weighted by molar-refractivity contribution is 6.30. The Kier molecular flexibility index (Phi) is 3.26. The molecule has 4 rings (SSSR count). The van der Waals surface area contributed by atoms with Gasteiger partial charge in [-0.05, 0) is 35.9 Å². The maximum atomic E-state index is 12.7. The Labute approximate surface area is 131 Å². The number of H-pyrrole nitrogens is 1. The molecule has 3 heterocycles. The topological polar surface area (TPSA) is 61.9 Å². The molecule has 5 nitrogen and oxygen atoms in total. The lowest BCUT2D eigenvalue weighted by atomic mass is 9.98. The third-order valence-corrected chi connectivity index (χ3v) is 4.38. The summed E-state index contributed by atoms with van der Waals surface area (Å²) in [6, 6.07) is 9.26. The Hall–Kier alpha value is -2.08. The molecular formula is C16H15ClN4O. The minimum absolute atomic E-state index is 0.0509. The monoisotopic (exact) mass is 314 g/mol. The molecule has 1 aromatic carbocycles. The predicted molar refractivity (Wildman–Crippen MR) is 87.7 cm³/mol. The summed E-state index contributed by atoms with van der Waals surface area (Å²) in [7, 11) is 0. The fourth-order valence-electron chi connectivity index (χ4n) is 2.98. The number of pyridine rings is 1. The zero-order valence-corrected chi connectivity index (χ0v) is 12.5. The first-order valence-corrected chi connectivity index (χ1v) is 7.56. The molecule has 0 amide bonds. The molecule has 0 bridgehead atoms. The number of nitrogens with one attached hydrogen (secondary N) is 3. The highest BCUT2D eigenvalue weighted by Crippen LogP contribution is 2.25. The first-order valence-electron chi connectivity index (χ1n) is 7.18. The van der Waals surface area contributed by atoms with Crippen LogP contribution in [0.25, 0.3) is 16.6 Å². The second-order valence-corrected chi connectivity index (χ2v) is 5.90. The van der Waals surface area contributed by atoms with Crippen molar-refractivity contribution in [3.63, 3.8) is 0 Å². The van der Waals surface area contributed by atoms with Crippen LogP contribution in [0.15, 0.2) is 47.5 Å². The number of hydrazine groups is 1. The van der Waals surface area contributed by atoms with E-state index in [-0.39, 0.29) is 5.56 Å².